The first-order valence-electron chi connectivity index (χ1n) is 5.63. The highest BCUT2D eigenvalue weighted by atomic mass is 32.1. The van der Waals surface area contributed by atoms with Crippen LogP contribution in [0.15, 0.2) is 6.20 Å². The molecule has 0 radical (unpaired) electrons. The SMILES string of the molecule is Cc1cnc(C(C)NC(=O)C2CCCN2)s1. The minimum Gasteiger partial charge on any atom is -0.346 e. The molecule has 0 aliphatic carbocycles. The van der Waals surface area contributed by atoms with Crippen LogP contribution in [0.25, 0.3) is 0 Å². The Morgan fingerprint density at radius 3 is 3.12 bits per heavy atom. The van der Waals surface area contributed by atoms with Gasteiger partial charge >= 0.3 is 0 Å². The van der Waals surface area contributed by atoms with Crippen LogP contribution in [0.1, 0.15) is 35.7 Å². The van der Waals surface area contributed by atoms with Crippen LogP contribution in [0.3, 0.4) is 0 Å². The highest BCUT2D eigenvalue weighted by Gasteiger charge is 2.23. The first-order chi connectivity index (χ1) is 7.66. The van der Waals surface area contributed by atoms with Crippen LogP contribution in [-0.4, -0.2) is 23.5 Å². The van der Waals surface area contributed by atoms with Crippen LogP contribution >= 0.6 is 11.3 Å². The van der Waals surface area contributed by atoms with Gasteiger partial charge in [0.15, 0.2) is 0 Å². The number of aromatic nitrogens is 1. The minimum absolute atomic E-state index is 0.00796. The molecule has 0 spiro atoms. The first-order valence-corrected chi connectivity index (χ1v) is 6.44. The Hall–Kier alpha value is -0.940. The number of hydrogen-bond donors (Lipinski definition) is 2. The second-order valence-corrected chi connectivity index (χ2v) is 5.45. The van der Waals surface area contributed by atoms with Crippen molar-refractivity contribution in [2.75, 3.05) is 6.54 Å². The van der Waals surface area contributed by atoms with Gasteiger partial charge < -0.3 is 10.6 Å². The summed E-state index contributed by atoms with van der Waals surface area (Å²) in [6.07, 6.45) is 3.87. The number of carbonyl (C=O) groups excluding carboxylic acids is 1. The quantitative estimate of drug-likeness (QED) is 0.838. The van der Waals surface area contributed by atoms with Crippen LogP contribution in [0.4, 0.5) is 0 Å². The van der Waals surface area contributed by atoms with Crippen molar-refractivity contribution in [1.82, 2.24) is 15.6 Å². The lowest BCUT2D eigenvalue weighted by molar-refractivity contribution is -0.123. The lowest BCUT2D eigenvalue weighted by Crippen LogP contribution is -2.41. The normalized spacial score (nSPS) is 22.0. The summed E-state index contributed by atoms with van der Waals surface area (Å²) in [4.78, 5) is 17.3. The van der Waals surface area contributed by atoms with Crippen molar-refractivity contribution >= 4 is 17.2 Å². The molecular weight excluding hydrogens is 222 g/mol. The number of carbonyl (C=O) groups is 1. The molecule has 4 nitrogen and oxygen atoms in total. The average Bonchev–Trinajstić information content (AvgIpc) is 2.87. The number of amides is 1. The fourth-order valence-corrected chi connectivity index (χ4v) is 2.63. The predicted molar refractivity (Wildman–Crippen MR) is 64.4 cm³/mol. The van der Waals surface area contributed by atoms with Gasteiger partial charge in [-0.3, -0.25) is 4.79 Å². The van der Waals surface area contributed by atoms with Gasteiger partial charge in [-0.25, -0.2) is 4.98 Å². The summed E-state index contributed by atoms with van der Waals surface area (Å²) >= 11 is 1.63. The van der Waals surface area contributed by atoms with Crippen molar-refractivity contribution in [2.45, 2.75) is 38.8 Å². The van der Waals surface area contributed by atoms with Crippen molar-refractivity contribution in [1.29, 1.82) is 0 Å². The zero-order valence-electron chi connectivity index (χ0n) is 9.62. The van der Waals surface area contributed by atoms with Crippen LogP contribution in [-0.2, 0) is 4.79 Å². The number of thiazole rings is 1. The highest BCUT2D eigenvalue weighted by Crippen LogP contribution is 2.19. The standard InChI is InChI=1S/C11H17N3OS/c1-7-6-13-11(16-7)8(2)14-10(15)9-4-3-5-12-9/h6,8-9,12H,3-5H2,1-2H3,(H,14,15). The van der Waals surface area contributed by atoms with E-state index in [4.69, 9.17) is 0 Å². The summed E-state index contributed by atoms with van der Waals surface area (Å²) in [5.74, 6) is 0.0952. The van der Waals surface area contributed by atoms with E-state index in [9.17, 15) is 4.79 Å². The third kappa shape index (κ3) is 2.59. The van der Waals surface area contributed by atoms with Crippen molar-refractivity contribution in [3.05, 3.63) is 16.1 Å². The van der Waals surface area contributed by atoms with Gasteiger partial charge in [0.05, 0.1) is 12.1 Å². The highest BCUT2D eigenvalue weighted by molar-refractivity contribution is 7.11. The van der Waals surface area contributed by atoms with E-state index < -0.39 is 0 Å². The van der Waals surface area contributed by atoms with Gasteiger partial charge in [-0.2, -0.15) is 0 Å². The van der Waals surface area contributed by atoms with Gasteiger partial charge in [0.1, 0.15) is 5.01 Å². The number of nitrogens with zero attached hydrogens (tertiary/aromatic N) is 1. The molecule has 2 N–H and O–H groups in total. The molecule has 1 aromatic rings. The van der Waals surface area contributed by atoms with Gasteiger partial charge in [-0.05, 0) is 33.2 Å². The first kappa shape index (κ1) is 11.5. The van der Waals surface area contributed by atoms with Crippen LogP contribution in [0.5, 0.6) is 0 Å². The van der Waals surface area contributed by atoms with Crippen LogP contribution in [0.2, 0.25) is 0 Å². The molecule has 5 heteroatoms. The minimum atomic E-state index is -0.0106. The molecule has 1 aliphatic rings. The Balaban J connectivity index is 1.91. The third-order valence-electron chi connectivity index (χ3n) is 2.75. The van der Waals surface area contributed by atoms with E-state index >= 15 is 0 Å². The molecule has 2 rings (SSSR count). The molecule has 1 saturated heterocycles. The predicted octanol–water partition coefficient (Wildman–Crippen LogP) is 1.38. The average molecular weight is 239 g/mol. The van der Waals surface area contributed by atoms with Gasteiger partial charge in [0.25, 0.3) is 0 Å². The van der Waals surface area contributed by atoms with Gasteiger partial charge in [-0.1, -0.05) is 0 Å². The molecule has 1 aliphatic heterocycles. The van der Waals surface area contributed by atoms with Crippen molar-refractivity contribution in [3.63, 3.8) is 0 Å². The molecule has 1 aromatic heterocycles. The maximum atomic E-state index is 11.8. The van der Waals surface area contributed by atoms with E-state index in [0.717, 1.165) is 24.4 Å². The summed E-state index contributed by atoms with van der Waals surface area (Å²) in [7, 11) is 0. The zero-order chi connectivity index (χ0) is 11.5. The number of nitrogens with one attached hydrogen (secondary N) is 2. The zero-order valence-corrected chi connectivity index (χ0v) is 10.4. The summed E-state index contributed by atoms with van der Waals surface area (Å²) in [6.45, 7) is 4.95. The third-order valence-corrected chi connectivity index (χ3v) is 3.84. The van der Waals surface area contributed by atoms with E-state index in [2.05, 4.69) is 15.6 Å². The second kappa shape index (κ2) is 4.93. The molecular formula is C11H17N3OS. The Morgan fingerprint density at radius 1 is 1.75 bits per heavy atom. The molecule has 1 amide bonds. The molecule has 0 aromatic carbocycles. The van der Waals surface area contributed by atoms with Crippen molar-refractivity contribution < 1.29 is 4.79 Å². The molecule has 0 bridgehead atoms. The molecule has 0 saturated carbocycles. The number of rotatable bonds is 3. The largest absolute Gasteiger partial charge is 0.346 e. The number of aryl methyl sites for hydroxylation is 1. The molecule has 2 heterocycles. The van der Waals surface area contributed by atoms with Gasteiger partial charge in [0.2, 0.25) is 5.91 Å². The topological polar surface area (TPSA) is 54.0 Å². The van der Waals surface area contributed by atoms with Gasteiger partial charge in [0, 0.05) is 11.1 Å². The van der Waals surface area contributed by atoms with E-state index in [0.29, 0.717) is 0 Å². The van der Waals surface area contributed by atoms with E-state index in [1.165, 1.54) is 4.88 Å². The van der Waals surface area contributed by atoms with E-state index in [-0.39, 0.29) is 18.0 Å². The Labute approximate surface area is 99.5 Å². The summed E-state index contributed by atoms with van der Waals surface area (Å²) in [5.41, 5.74) is 0. The monoisotopic (exact) mass is 239 g/mol. The molecule has 2 unspecified atom stereocenters. The molecule has 2 atom stereocenters. The van der Waals surface area contributed by atoms with Crippen LogP contribution in [0, 0.1) is 6.92 Å². The Kier molecular flexibility index (Phi) is 3.56. The summed E-state index contributed by atoms with van der Waals surface area (Å²) in [6, 6.07) is -0.00268. The van der Waals surface area contributed by atoms with Crippen molar-refractivity contribution in [3.8, 4) is 0 Å². The van der Waals surface area contributed by atoms with Crippen molar-refractivity contribution in [2.24, 2.45) is 0 Å². The van der Waals surface area contributed by atoms with E-state index in [1.807, 2.05) is 20.0 Å². The summed E-state index contributed by atoms with van der Waals surface area (Å²) < 4.78 is 0. The fourth-order valence-electron chi connectivity index (χ4n) is 1.86. The van der Waals surface area contributed by atoms with Crippen LogP contribution < -0.4 is 10.6 Å². The number of hydrogen-bond acceptors (Lipinski definition) is 4. The second-order valence-electron chi connectivity index (χ2n) is 4.19. The Bertz CT molecular complexity index is 371. The van der Waals surface area contributed by atoms with E-state index in [1.54, 1.807) is 11.3 Å². The maximum Gasteiger partial charge on any atom is 0.237 e. The van der Waals surface area contributed by atoms with Gasteiger partial charge in [-0.15, -0.1) is 11.3 Å². The Morgan fingerprint density at radius 2 is 2.56 bits per heavy atom. The molecule has 1 fully saturated rings. The molecule has 16 heavy (non-hydrogen) atoms. The fraction of sp³-hybridized carbons (Fsp3) is 0.636. The molecule has 88 valence electrons. The summed E-state index contributed by atoms with van der Waals surface area (Å²) in [5, 5.41) is 7.16. The maximum absolute atomic E-state index is 11.8. The lowest BCUT2D eigenvalue weighted by Gasteiger charge is -2.15. The lowest BCUT2D eigenvalue weighted by atomic mass is 10.2. The smallest absolute Gasteiger partial charge is 0.237 e.